The van der Waals surface area contributed by atoms with Crippen molar-refractivity contribution in [3.8, 4) is 0 Å². The molecule has 0 aromatic rings. The number of hydrogen-bond acceptors (Lipinski definition) is 7. The average Bonchev–Trinajstić information content (AvgIpc) is 3.41. The second-order valence-electron chi connectivity index (χ2n) is 16.6. The van der Waals surface area contributed by atoms with Gasteiger partial charge in [0.1, 0.15) is 0 Å². The Morgan fingerprint density at radius 3 is 2.04 bits per heavy atom. The maximum absolute atomic E-state index is 6.99. The molecule has 4 rings (SSSR count). The molecule has 7 heteroatoms. The van der Waals surface area contributed by atoms with E-state index < -0.39 is 0 Å². The molecule has 0 aromatic carbocycles. The van der Waals surface area contributed by atoms with Crippen LogP contribution >= 0.6 is 0 Å². The fourth-order valence-electron chi connectivity index (χ4n) is 11.0. The Kier molecular flexibility index (Phi) is 17.3. The molecule has 0 heterocycles. The maximum atomic E-state index is 6.99. The molecule has 0 saturated heterocycles. The van der Waals surface area contributed by atoms with Gasteiger partial charge in [0.25, 0.3) is 0 Å². The van der Waals surface area contributed by atoms with Crippen LogP contribution < -0.4 is 22.5 Å². The number of ether oxygens (including phenoxy) is 3. The lowest BCUT2D eigenvalue weighted by atomic mass is 9.43. The third kappa shape index (κ3) is 10.2. The molecular weight excluding hydrogens is 584 g/mol. The van der Waals surface area contributed by atoms with Gasteiger partial charge in [-0.25, -0.2) is 0 Å². The molecule has 0 bridgehead atoms. The van der Waals surface area contributed by atoms with Gasteiger partial charge in [-0.3, -0.25) is 0 Å². The van der Waals surface area contributed by atoms with Crippen LogP contribution in [0.2, 0.25) is 0 Å². The zero-order valence-electron chi connectivity index (χ0n) is 31.2. The largest absolute Gasteiger partial charge is 0.378 e. The highest BCUT2D eigenvalue weighted by Crippen LogP contribution is 2.69. The third-order valence-corrected chi connectivity index (χ3v) is 13.8. The summed E-state index contributed by atoms with van der Waals surface area (Å²) in [5, 5.41) is 3.75. The fourth-order valence-corrected chi connectivity index (χ4v) is 11.0. The highest BCUT2D eigenvalue weighted by Gasteiger charge is 2.66. The van der Waals surface area contributed by atoms with E-state index in [0.717, 1.165) is 58.0 Å². The highest BCUT2D eigenvalue weighted by atomic mass is 16.5. The summed E-state index contributed by atoms with van der Waals surface area (Å²) in [6.45, 7) is 14.4. The average molecular weight is 663 g/mol. The van der Waals surface area contributed by atoms with Crippen molar-refractivity contribution in [3.05, 3.63) is 0 Å². The summed E-state index contributed by atoms with van der Waals surface area (Å²) in [5.41, 5.74) is 18.3. The van der Waals surface area contributed by atoms with E-state index in [1.54, 1.807) is 0 Å². The van der Waals surface area contributed by atoms with Crippen LogP contribution in [0.3, 0.4) is 0 Å². The van der Waals surface area contributed by atoms with Gasteiger partial charge < -0.3 is 36.7 Å². The Hall–Kier alpha value is -0.280. The van der Waals surface area contributed by atoms with Crippen LogP contribution in [-0.4, -0.2) is 70.9 Å². The van der Waals surface area contributed by atoms with Crippen molar-refractivity contribution in [1.29, 1.82) is 0 Å². The van der Waals surface area contributed by atoms with Crippen molar-refractivity contribution in [2.45, 2.75) is 161 Å². The van der Waals surface area contributed by atoms with Crippen LogP contribution in [0, 0.1) is 40.4 Å². The van der Waals surface area contributed by atoms with Crippen molar-refractivity contribution in [3.63, 3.8) is 0 Å². The number of rotatable bonds is 24. The van der Waals surface area contributed by atoms with Gasteiger partial charge in [0.15, 0.2) is 0 Å². The molecule has 0 aliphatic heterocycles. The van der Waals surface area contributed by atoms with Crippen molar-refractivity contribution < 1.29 is 14.2 Å². The Morgan fingerprint density at radius 2 is 1.32 bits per heavy atom. The Labute approximate surface area is 290 Å². The van der Waals surface area contributed by atoms with E-state index in [0.29, 0.717) is 67.0 Å². The second-order valence-corrected chi connectivity index (χ2v) is 16.6. The minimum atomic E-state index is 0.211. The molecule has 0 spiro atoms. The highest BCUT2D eigenvalue weighted by molar-refractivity contribution is 5.14. The van der Waals surface area contributed by atoms with Crippen LogP contribution in [0.5, 0.6) is 0 Å². The second kappa shape index (κ2) is 20.5. The van der Waals surface area contributed by atoms with E-state index >= 15 is 0 Å². The minimum absolute atomic E-state index is 0.211. The van der Waals surface area contributed by atoms with Gasteiger partial charge in [-0.2, -0.15) is 0 Å². The molecule has 4 fully saturated rings. The standard InChI is InChI=1S/C40H78N4O3/c1-4-5-6-7-8-10-23-44-24-11-9-15-31-16-17-34-38-35(30-37(40(31,34)3)47-27-14-22-43)39(2)19-18-33(45-25-12-20-41)28-32(39)29-36(38)46-26-13-21-42/h31-38,44H,4-30,41-43H2,1-3H3/t31-,32-,33+,34-,35?,36+,37-,38-,39-,40+/m0/s1. The van der Waals surface area contributed by atoms with Crippen molar-refractivity contribution in [2.75, 3.05) is 52.5 Å². The van der Waals surface area contributed by atoms with Gasteiger partial charge in [0.05, 0.1) is 18.3 Å². The van der Waals surface area contributed by atoms with E-state index in [1.165, 1.54) is 103 Å². The summed E-state index contributed by atoms with van der Waals surface area (Å²) in [6, 6.07) is 0. The van der Waals surface area contributed by atoms with Crippen molar-refractivity contribution >= 4 is 0 Å². The molecular formula is C40H78N4O3. The minimum Gasteiger partial charge on any atom is -0.378 e. The third-order valence-electron chi connectivity index (χ3n) is 13.8. The number of nitrogens with one attached hydrogen (secondary N) is 1. The van der Waals surface area contributed by atoms with Crippen molar-refractivity contribution in [2.24, 2.45) is 57.6 Å². The SMILES string of the molecule is CCCCCCCCNCCCC[C@H]1CC[C@H]2[C@H]3C(C[C@H](OCCCN)[C@]12C)[C@@]1(C)CC[C@@H](OCCCN)C[C@H]1C[C@H]3OCCCN. The van der Waals surface area contributed by atoms with Gasteiger partial charge in [0.2, 0.25) is 0 Å². The van der Waals surface area contributed by atoms with Crippen LogP contribution in [0.15, 0.2) is 0 Å². The van der Waals surface area contributed by atoms with E-state index in [1.807, 2.05) is 0 Å². The number of nitrogens with two attached hydrogens (primary N) is 3. The molecule has 0 amide bonds. The Balaban J connectivity index is 1.43. The Bertz CT molecular complexity index is 848. The fraction of sp³-hybridized carbons (Fsp3) is 1.00. The predicted octanol–water partition coefficient (Wildman–Crippen LogP) is 7.19. The first-order chi connectivity index (χ1) is 22.9. The summed E-state index contributed by atoms with van der Waals surface area (Å²) in [5.74, 6) is 3.29. The molecule has 4 aliphatic rings. The molecule has 4 aliphatic carbocycles. The molecule has 7 N–H and O–H groups in total. The Morgan fingerprint density at radius 1 is 0.660 bits per heavy atom. The quantitative estimate of drug-likeness (QED) is 0.0809. The van der Waals surface area contributed by atoms with Gasteiger partial charge in [-0.1, -0.05) is 59.3 Å². The number of fused-ring (bicyclic) bond motifs is 5. The summed E-state index contributed by atoms with van der Waals surface area (Å²) >= 11 is 0. The summed E-state index contributed by atoms with van der Waals surface area (Å²) < 4.78 is 20.3. The predicted molar refractivity (Wildman–Crippen MR) is 196 cm³/mol. The van der Waals surface area contributed by atoms with E-state index in [4.69, 9.17) is 31.4 Å². The molecule has 0 aromatic heterocycles. The first kappa shape index (κ1) is 39.5. The van der Waals surface area contributed by atoms with Crippen LogP contribution in [-0.2, 0) is 14.2 Å². The van der Waals surface area contributed by atoms with Gasteiger partial charge in [-0.05, 0) is 157 Å². The van der Waals surface area contributed by atoms with Crippen LogP contribution in [0.1, 0.15) is 143 Å². The van der Waals surface area contributed by atoms with Gasteiger partial charge in [0, 0.05) is 19.8 Å². The maximum Gasteiger partial charge on any atom is 0.0637 e. The zero-order chi connectivity index (χ0) is 33.5. The topological polar surface area (TPSA) is 118 Å². The lowest BCUT2D eigenvalue weighted by Gasteiger charge is -2.64. The zero-order valence-corrected chi connectivity index (χ0v) is 31.2. The molecule has 0 radical (unpaired) electrons. The molecule has 10 atom stereocenters. The molecule has 7 nitrogen and oxygen atoms in total. The van der Waals surface area contributed by atoms with E-state index in [-0.39, 0.29) is 5.41 Å². The summed E-state index contributed by atoms with van der Waals surface area (Å²) in [4.78, 5) is 0. The smallest absolute Gasteiger partial charge is 0.0637 e. The van der Waals surface area contributed by atoms with E-state index in [2.05, 4.69) is 26.1 Å². The lowest BCUT2D eigenvalue weighted by Crippen LogP contribution is -2.63. The molecule has 1 unspecified atom stereocenters. The summed E-state index contributed by atoms with van der Waals surface area (Å²) in [7, 11) is 0. The van der Waals surface area contributed by atoms with Crippen molar-refractivity contribution in [1.82, 2.24) is 5.32 Å². The molecule has 4 saturated carbocycles. The summed E-state index contributed by atoms with van der Waals surface area (Å²) in [6.07, 6.45) is 24.7. The first-order valence-corrected chi connectivity index (χ1v) is 20.6. The van der Waals surface area contributed by atoms with E-state index in [9.17, 15) is 0 Å². The molecule has 276 valence electrons. The van der Waals surface area contributed by atoms with Crippen LogP contribution in [0.4, 0.5) is 0 Å². The van der Waals surface area contributed by atoms with Gasteiger partial charge in [-0.15, -0.1) is 0 Å². The number of hydrogen-bond donors (Lipinski definition) is 4. The normalized spacial score (nSPS) is 36.6. The lowest BCUT2D eigenvalue weighted by molar-refractivity contribution is -0.225. The van der Waals surface area contributed by atoms with Gasteiger partial charge >= 0.3 is 0 Å². The van der Waals surface area contributed by atoms with Crippen LogP contribution in [0.25, 0.3) is 0 Å². The number of unbranched alkanes of at least 4 members (excludes halogenated alkanes) is 6. The monoisotopic (exact) mass is 663 g/mol. The first-order valence-electron chi connectivity index (χ1n) is 20.6. The molecule has 47 heavy (non-hydrogen) atoms.